The van der Waals surface area contributed by atoms with Gasteiger partial charge in [-0.2, -0.15) is 17.9 Å². The van der Waals surface area contributed by atoms with Gasteiger partial charge < -0.3 is 20.8 Å². The molecular formula is C22H20ClF3N4O6S2. The van der Waals surface area contributed by atoms with E-state index in [-0.39, 0.29) is 28.2 Å². The van der Waals surface area contributed by atoms with Crippen molar-refractivity contribution < 1.29 is 41.4 Å². The predicted molar refractivity (Wildman–Crippen MR) is 134 cm³/mol. The van der Waals surface area contributed by atoms with Crippen molar-refractivity contribution in [3.63, 3.8) is 0 Å². The second-order valence-electron chi connectivity index (χ2n) is 8.00. The number of phenolic OH excluding ortho intramolecular Hbond substituents is 1. The van der Waals surface area contributed by atoms with Crippen molar-refractivity contribution in [3.8, 4) is 5.75 Å². The van der Waals surface area contributed by atoms with E-state index in [1.165, 1.54) is 23.1 Å². The van der Waals surface area contributed by atoms with Crippen LogP contribution in [-0.2, 0) is 26.2 Å². The van der Waals surface area contributed by atoms with Crippen LogP contribution in [0.25, 0.3) is 10.1 Å². The Labute approximate surface area is 223 Å². The van der Waals surface area contributed by atoms with Crippen LogP contribution in [0.1, 0.15) is 17.5 Å². The maximum Gasteiger partial charge on any atom is 0.490 e. The van der Waals surface area contributed by atoms with Crippen molar-refractivity contribution >= 4 is 60.8 Å². The Kier molecular flexibility index (Phi) is 8.55. The number of amides is 1. The fourth-order valence-electron chi connectivity index (χ4n) is 3.47. The summed E-state index contributed by atoms with van der Waals surface area (Å²) in [4.78, 5) is 23.2. The van der Waals surface area contributed by atoms with E-state index < -0.39 is 28.2 Å². The Morgan fingerprint density at radius 1 is 1.26 bits per heavy atom. The van der Waals surface area contributed by atoms with E-state index in [9.17, 15) is 31.5 Å². The lowest BCUT2D eigenvalue weighted by Gasteiger charge is -2.18. The first kappa shape index (κ1) is 29.2. The Hall–Kier alpha value is -3.40. The van der Waals surface area contributed by atoms with Crippen molar-refractivity contribution in [2.45, 2.75) is 29.4 Å². The number of carbonyl (C=O) groups is 2. The third kappa shape index (κ3) is 6.72. The number of alkyl halides is 3. The summed E-state index contributed by atoms with van der Waals surface area (Å²) in [6.45, 7) is 0.413. The number of nitrogens with one attached hydrogen (secondary N) is 2. The molecule has 0 aliphatic carbocycles. The number of rotatable bonds is 6. The Balaban J connectivity index is 0.000000505. The SMILES string of the molecule is N=C(N)c1ccc(O)c(CN2CC[C@H](NS(=O)(=O)c3cc4c(Cl)cccc4s3)C2=O)c1.O=C(O)C(F)(F)F. The number of phenols is 1. The molecular weight excluding hydrogens is 573 g/mol. The first-order valence-electron chi connectivity index (χ1n) is 10.6. The van der Waals surface area contributed by atoms with Crippen molar-refractivity contribution in [1.29, 1.82) is 5.41 Å². The number of benzene rings is 2. The monoisotopic (exact) mass is 592 g/mol. The molecule has 6 N–H and O–H groups in total. The second-order valence-corrected chi connectivity index (χ2v) is 11.4. The highest BCUT2D eigenvalue weighted by Gasteiger charge is 2.38. The van der Waals surface area contributed by atoms with Crippen LogP contribution >= 0.6 is 22.9 Å². The van der Waals surface area contributed by atoms with Gasteiger partial charge in [0.15, 0.2) is 0 Å². The molecule has 1 aliphatic heterocycles. The van der Waals surface area contributed by atoms with E-state index in [0.717, 1.165) is 16.0 Å². The number of carbonyl (C=O) groups excluding carboxylic acids is 1. The number of fused-ring (bicyclic) bond motifs is 1. The Morgan fingerprint density at radius 3 is 2.50 bits per heavy atom. The van der Waals surface area contributed by atoms with E-state index in [4.69, 9.17) is 32.6 Å². The fourth-order valence-corrected chi connectivity index (χ4v) is 6.41. The van der Waals surface area contributed by atoms with Gasteiger partial charge in [0.25, 0.3) is 10.0 Å². The Morgan fingerprint density at radius 2 is 1.92 bits per heavy atom. The van der Waals surface area contributed by atoms with Crippen molar-refractivity contribution in [3.05, 3.63) is 58.6 Å². The van der Waals surface area contributed by atoms with E-state index in [0.29, 0.717) is 34.5 Å². The topological polar surface area (TPSA) is 174 Å². The van der Waals surface area contributed by atoms with E-state index in [2.05, 4.69) is 4.72 Å². The number of halogens is 4. The van der Waals surface area contributed by atoms with E-state index in [1.54, 1.807) is 24.3 Å². The molecule has 0 radical (unpaired) electrons. The molecule has 2 heterocycles. The highest BCUT2D eigenvalue weighted by Crippen LogP contribution is 2.34. The Bertz CT molecular complexity index is 1510. The van der Waals surface area contributed by atoms with Gasteiger partial charge in [-0.05, 0) is 42.8 Å². The molecule has 0 saturated carbocycles. The zero-order valence-electron chi connectivity index (χ0n) is 19.1. The van der Waals surface area contributed by atoms with Gasteiger partial charge in [0, 0.05) is 39.3 Å². The molecule has 4 rings (SSSR count). The highest BCUT2D eigenvalue weighted by atomic mass is 35.5. The maximum absolute atomic E-state index is 12.9. The first-order valence-corrected chi connectivity index (χ1v) is 13.2. The fraction of sp³-hybridized carbons (Fsp3) is 0.227. The zero-order chi connectivity index (χ0) is 28.4. The van der Waals surface area contributed by atoms with Crippen LogP contribution in [0, 0.1) is 5.41 Å². The van der Waals surface area contributed by atoms with Crippen LogP contribution in [0.2, 0.25) is 5.02 Å². The molecule has 1 aromatic heterocycles. The van der Waals surface area contributed by atoms with Crippen LogP contribution in [0.3, 0.4) is 0 Å². The summed E-state index contributed by atoms with van der Waals surface area (Å²) in [6.07, 6.45) is -4.78. The maximum atomic E-state index is 12.9. The predicted octanol–water partition coefficient (Wildman–Crippen LogP) is 3.26. The van der Waals surface area contributed by atoms with Gasteiger partial charge in [0.2, 0.25) is 5.91 Å². The summed E-state index contributed by atoms with van der Waals surface area (Å²) >= 11 is 7.23. The normalized spacial score (nSPS) is 15.8. The zero-order valence-corrected chi connectivity index (χ0v) is 21.5. The molecule has 3 aromatic rings. The highest BCUT2D eigenvalue weighted by molar-refractivity contribution is 7.91. The van der Waals surface area contributed by atoms with E-state index >= 15 is 0 Å². The quantitative estimate of drug-likeness (QED) is 0.216. The van der Waals surface area contributed by atoms with Crippen molar-refractivity contribution in [2.75, 3.05) is 6.54 Å². The first-order chi connectivity index (χ1) is 17.6. The molecule has 1 aliphatic rings. The van der Waals surface area contributed by atoms with Crippen LogP contribution < -0.4 is 10.5 Å². The molecule has 204 valence electrons. The molecule has 10 nitrogen and oxygen atoms in total. The standard InChI is InChI=1S/C20H19ClN4O4S2.C2HF3O2/c21-14-2-1-3-17-13(14)9-18(30-17)31(28,29)24-15-6-7-25(20(15)27)10-12-8-11(19(22)23)4-5-16(12)26;3-2(4,5)1(6)7/h1-5,8-9,15,24,26H,6-7,10H2,(H3,22,23);(H,6,7)/t15-;/m0./s1. The van der Waals surface area contributed by atoms with E-state index in [1.807, 2.05) is 0 Å². The number of nitrogens with zero attached hydrogens (tertiary/aromatic N) is 1. The number of amidine groups is 1. The van der Waals surface area contributed by atoms with Crippen LogP contribution in [0.5, 0.6) is 5.75 Å². The molecule has 0 spiro atoms. The summed E-state index contributed by atoms with van der Waals surface area (Å²) < 4.78 is 60.8. The van der Waals surface area contributed by atoms with Crippen LogP contribution in [0.4, 0.5) is 13.2 Å². The third-order valence-corrected chi connectivity index (χ3v) is 8.71. The molecule has 0 bridgehead atoms. The van der Waals surface area contributed by atoms with Crippen molar-refractivity contribution in [2.24, 2.45) is 5.73 Å². The smallest absolute Gasteiger partial charge is 0.490 e. The summed E-state index contributed by atoms with van der Waals surface area (Å²) in [7, 11) is -3.91. The third-order valence-electron chi connectivity index (χ3n) is 5.34. The molecule has 0 unspecified atom stereocenters. The lowest BCUT2D eigenvalue weighted by molar-refractivity contribution is -0.192. The van der Waals surface area contributed by atoms with Gasteiger partial charge in [0.1, 0.15) is 21.8 Å². The second kappa shape index (κ2) is 11.1. The summed E-state index contributed by atoms with van der Waals surface area (Å²) in [6, 6.07) is 10.3. The van der Waals surface area contributed by atoms with Gasteiger partial charge in [-0.3, -0.25) is 10.2 Å². The molecule has 1 amide bonds. The molecule has 2 aromatic carbocycles. The number of aromatic hydroxyl groups is 1. The molecule has 1 saturated heterocycles. The molecule has 1 fully saturated rings. The number of sulfonamides is 1. The van der Waals surface area contributed by atoms with Gasteiger partial charge in [-0.25, -0.2) is 13.2 Å². The number of nitrogens with two attached hydrogens (primary N) is 1. The number of likely N-dealkylation sites (tertiary alicyclic amines) is 1. The lowest BCUT2D eigenvalue weighted by atomic mass is 10.1. The summed E-state index contributed by atoms with van der Waals surface area (Å²) in [5.74, 6) is -3.31. The molecule has 38 heavy (non-hydrogen) atoms. The minimum atomic E-state index is -5.08. The van der Waals surface area contributed by atoms with Gasteiger partial charge in [-0.1, -0.05) is 17.7 Å². The van der Waals surface area contributed by atoms with Gasteiger partial charge >= 0.3 is 12.1 Å². The number of carboxylic acid groups (broad SMARTS) is 1. The van der Waals surface area contributed by atoms with Crippen LogP contribution in [-0.4, -0.2) is 60.0 Å². The van der Waals surface area contributed by atoms with Gasteiger partial charge in [0.05, 0.1) is 0 Å². The number of carboxylic acids is 1. The minimum Gasteiger partial charge on any atom is -0.508 e. The largest absolute Gasteiger partial charge is 0.508 e. The molecule has 16 heteroatoms. The lowest BCUT2D eigenvalue weighted by Crippen LogP contribution is -2.41. The number of nitrogen functional groups attached to an aromatic ring is 1. The van der Waals surface area contributed by atoms with Gasteiger partial charge in [-0.15, -0.1) is 11.3 Å². The number of thiophene rings is 1. The van der Waals surface area contributed by atoms with Crippen molar-refractivity contribution in [1.82, 2.24) is 9.62 Å². The summed E-state index contributed by atoms with van der Waals surface area (Å²) in [5.41, 5.74) is 6.35. The number of hydrogen-bond acceptors (Lipinski definition) is 7. The average Bonchev–Trinajstić information content (AvgIpc) is 3.41. The average molecular weight is 593 g/mol. The molecule has 1 atom stereocenters. The number of hydrogen-bond donors (Lipinski definition) is 5. The number of aliphatic carboxylic acids is 1. The summed E-state index contributed by atoms with van der Waals surface area (Å²) in [5, 5.41) is 25.8. The van der Waals surface area contributed by atoms with Crippen LogP contribution in [0.15, 0.2) is 46.7 Å². The minimum absolute atomic E-state index is 0.0241.